The van der Waals surface area contributed by atoms with Crippen molar-refractivity contribution >= 4 is 11.6 Å². The number of aryl methyl sites for hydroxylation is 1. The molecule has 1 aliphatic rings. The van der Waals surface area contributed by atoms with Gasteiger partial charge in [-0.05, 0) is 68.3 Å². The van der Waals surface area contributed by atoms with Gasteiger partial charge in [0, 0.05) is 24.2 Å². The van der Waals surface area contributed by atoms with E-state index in [4.69, 9.17) is 9.47 Å². The van der Waals surface area contributed by atoms with Crippen LogP contribution >= 0.6 is 0 Å². The summed E-state index contributed by atoms with van der Waals surface area (Å²) in [5.41, 5.74) is 1.72. The molecular formula is C23H26N4O3. The Hall–Kier alpha value is -3.35. The lowest BCUT2D eigenvalue weighted by atomic mass is 10.2. The minimum atomic E-state index is -0.215. The molecule has 0 atom stereocenters. The number of anilines is 1. The third kappa shape index (κ3) is 4.79. The van der Waals surface area contributed by atoms with Crippen LogP contribution in [0.15, 0.2) is 48.5 Å². The first kappa shape index (κ1) is 19.9. The Kier molecular flexibility index (Phi) is 6.27. The summed E-state index contributed by atoms with van der Waals surface area (Å²) in [6.07, 6.45) is 4.53. The predicted molar refractivity (Wildman–Crippen MR) is 115 cm³/mol. The third-order valence-corrected chi connectivity index (χ3v) is 5.04. The number of benzene rings is 2. The lowest BCUT2D eigenvalue weighted by molar-refractivity contribution is -0.118. The van der Waals surface area contributed by atoms with Crippen LogP contribution < -0.4 is 14.8 Å². The van der Waals surface area contributed by atoms with E-state index in [1.54, 1.807) is 12.1 Å². The first-order valence-corrected chi connectivity index (χ1v) is 10.4. The van der Waals surface area contributed by atoms with Gasteiger partial charge in [0.1, 0.15) is 17.3 Å². The number of hydrogen-bond donors (Lipinski definition) is 1. The van der Waals surface area contributed by atoms with Crippen LogP contribution in [0.2, 0.25) is 0 Å². The van der Waals surface area contributed by atoms with Crippen LogP contribution in [0.1, 0.15) is 32.0 Å². The maximum atomic E-state index is 12.2. The number of nitrogens with zero attached hydrogens (tertiary/aromatic N) is 3. The van der Waals surface area contributed by atoms with E-state index >= 15 is 0 Å². The molecule has 0 saturated heterocycles. The first-order valence-electron chi connectivity index (χ1n) is 10.4. The van der Waals surface area contributed by atoms with Gasteiger partial charge in [-0.15, -0.1) is 10.2 Å². The van der Waals surface area contributed by atoms with Crippen LogP contribution in [0.3, 0.4) is 0 Å². The predicted octanol–water partition coefficient (Wildman–Crippen LogP) is 4.09. The summed E-state index contributed by atoms with van der Waals surface area (Å²) in [6, 6.07) is 14.9. The summed E-state index contributed by atoms with van der Waals surface area (Å²) in [6.45, 7) is 3.44. The van der Waals surface area contributed by atoms with E-state index in [9.17, 15) is 4.79 Å². The monoisotopic (exact) mass is 406 g/mol. The smallest absolute Gasteiger partial charge is 0.262 e. The fourth-order valence-corrected chi connectivity index (χ4v) is 3.55. The van der Waals surface area contributed by atoms with Crippen molar-refractivity contribution in [1.82, 2.24) is 14.8 Å². The van der Waals surface area contributed by atoms with Crippen LogP contribution in [-0.4, -0.2) is 33.9 Å². The van der Waals surface area contributed by atoms with E-state index in [1.807, 2.05) is 43.3 Å². The van der Waals surface area contributed by atoms with E-state index < -0.39 is 0 Å². The minimum absolute atomic E-state index is 0.0621. The molecule has 30 heavy (non-hydrogen) atoms. The Morgan fingerprint density at radius 1 is 0.967 bits per heavy atom. The van der Waals surface area contributed by atoms with Gasteiger partial charge in [-0.25, -0.2) is 0 Å². The summed E-state index contributed by atoms with van der Waals surface area (Å²) in [5, 5.41) is 11.6. The van der Waals surface area contributed by atoms with Crippen LogP contribution in [-0.2, 0) is 17.8 Å². The molecule has 156 valence electrons. The number of rotatable bonds is 7. The Bertz CT molecular complexity index is 981. The van der Waals surface area contributed by atoms with Gasteiger partial charge >= 0.3 is 0 Å². The summed E-state index contributed by atoms with van der Waals surface area (Å²) in [5.74, 6) is 3.14. The molecule has 1 N–H and O–H groups in total. The zero-order valence-electron chi connectivity index (χ0n) is 17.1. The third-order valence-electron chi connectivity index (χ3n) is 5.04. The van der Waals surface area contributed by atoms with E-state index in [-0.39, 0.29) is 12.5 Å². The van der Waals surface area contributed by atoms with Crippen molar-refractivity contribution in [3.63, 3.8) is 0 Å². The molecule has 0 fully saturated rings. The van der Waals surface area contributed by atoms with Gasteiger partial charge in [-0.1, -0.05) is 6.42 Å². The van der Waals surface area contributed by atoms with Gasteiger partial charge in [0.2, 0.25) is 0 Å². The highest BCUT2D eigenvalue weighted by Gasteiger charge is 2.16. The van der Waals surface area contributed by atoms with E-state index in [1.165, 1.54) is 12.8 Å². The minimum Gasteiger partial charge on any atom is -0.494 e. The maximum absolute atomic E-state index is 12.2. The quantitative estimate of drug-likeness (QED) is 0.639. The fraction of sp³-hybridized carbons (Fsp3) is 0.348. The standard InChI is InChI=1S/C23H26N4O3/c1-2-29-19-11-13-20(14-12-19)30-16-22(28)24-18-9-7-17(8-10-18)23-26-25-21-6-4-3-5-15-27(21)23/h7-14H,2-6,15-16H2,1H3,(H,24,28). The number of nitrogens with one attached hydrogen (secondary N) is 1. The SMILES string of the molecule is CCOc1ccc(OCC(=O)Nc2ccc(-c3nnc4n3CCCCC4)cc2)cc1. The van der Waals surface area contributed by atoms with Crippen molar-refractivity contribution in [2.45, 2.75) is 39.2 Å². The average molecular weight is 406 g/mol. The van der Waals surface area contributed by atoms with Crippen molar-refractivity contribution in [1.29, 1.82) is 0 Å². The van der Waals surface area contributed by atoms with Crippen molar-refractivity contribution in [3.8, 4) is 22.9 Å². The summed E-state index contributed by atoms with van der Waals surface area (Å²) in [7, 11) is 0. The zero-order chi connectivity index (χ0) is 20.8. The Morgan fingerprint density at radius 2 is 1.70 bits per heavy atom. The molecule has 0 aliphatic carbocycles. The molecular weight excluding hydrogens is 380 g/mol. The molecule has 0 unspecified atom stereocenters. The first-order chi connectivity index (χ1) is 14.7. The molecule has 7 heteroatoms. The zero-order valence-corrected chi connectivity index (χ0v) is 17.1. The van der Waals surface area contributed by atoms with Crippen LogP contribution in [0, 0.1) is 0 Å². The van der Waals surface area contributed by atoms with Crippen LogP contribution in [0.25, 0.3) is 11.4 Å². The number of amides is 1. The Balaban J connectivity index is 1.33. The maximum Gasteiger partial charge on any atom is 0.262 e. The van der Waals surface area contributed by atoms with Gasteiger partial charge in [-0.3, -0.25) is 4.79 Å². The van der Waals surface area contributed by atoms with Gasteiger partial charge in [0.25, 0.3) is 5.91 Å². The van der Waals surface area contributed by atoms with Crippen molar-refractivity contribution in [3.05, 3.63) is 54.4 Å². The second-order valence-electron chi connectivity index (χ2n) is 7.22. The molecule has 7 nitrogen and oxygen atoms in total. The summed E-state index contributed by atoms with van der Waals surface area (Å²) < 4.78 is 13.1. The molecule has 4 rings (SSSR count). The van der Waals surface area contributed by atoms with Gasteiger partial charge in [-0.2, -0.15) is 0 Å². The average Bonchev–Trinajstić information content (AvgIpc) is 3.02. The molecule has 1 aromatic heterocycles. The number of aromatic nitrogens is 3. The van der Waals surface area contributed by atoms with Crippen molar-refractivity contribution in [2.75, 3.05) is 18.5 Å². The second kappa shape index (κ2) is 9.43. The summed E-state index contributed by atoms with van der Waals surface area (Å²) in [4.78, 5) is 12.2. The molecule has 0 saturated carbocycles. The van der Waals surface area contributed by atoms with Crippen molar-refractivity contribution < 1.29 is 14.3 Å². The normalized spacial score (nSPS) is 13.2. The fourth-order valence-electron chi connectivity index (χ4n) is 3.55. The highest BCUT2D eigenvalue weighted by Crippen LogP contribution is 2.24. The van der Waals surface area contributed by atoms with Crippen molar-refractivity contribution in [2.24, 2.45) is 0 Å². The molecule has 2 heterocycles. The lowest BCUT2D eigenvalue weighted by Crippen LogP contribution is -2.20. The van der Waals surface area contributed by atoms with E-state index in [2.05, 4.69) is 20.1 Å². The number of ether oxygens (including phenoxy) is 2. The van der Waals surface area contributed by atoms with E-state index in [0.29, 0.717) is 12.4 Å². The largest absolute Gasteiger partial charge is 0.494 e. The van der Waals surface area contributed by atoms with Gasteiger partial charge in [0.15, 0.2) is 12.4 Å². The number of carbonyl (C=O) groups is 1. The number of hydrogen-bond acceptors (Lipinski definition) is 5. The molecule has 3 aromatic rings. The van der Waals surface area contributed by atoms with Gasteiger partial charge in [0.05, 0.1) is 6.61 Å². The molecule has 2 aromatic carbocycles. The second-order valence-corrected chi connectivity index (χ2v) is 7.22. The molecule has 0 spiro atoms. The highest BCUT2D eigenvalue weighted by molar-refractivity contribution is 5.92. The molecule has 0 bridgehead atoms. The molecule has 0 radical (unpaired) electrons. The lowest BCUT2D eigenvalue weighted by Gasteiger charge is -2.10. The topological polar surface area (TPSA) is 78.3 Å². The molecule has 1 aliphatic heterocycles. The molecule has 1 amide bonds. The van der Waals surface area contributed by atoms with Gasteiger partial charge < -0.3 is 19.4 Å². The Morgan fingerprint density at radius 3 is 2.43 bits per heavy atom. The summed E-state index contributed by atoms with van der Waals surface area (Å²) >= 11 is 0. The van der Waals surface area contributed by atoms with Crippen LogP contribution in [0.5, 0.6) is 11.5 Å². The number of fused-ring (bicyclic) bond motifs is 1. The van der Waals surface area contributed by atoms with E-state index in [0.717, 1.165) is 48.0 Å². The highest BCUT2D eigenvalue weighted by atomic mass is 16.5. The Labute approximate surface area is 176 Å². The van der Waals surface area contributed by atoms with Crippen LogP contribution in [0.4, 0.5) is 5.69 Å². The number of carbonyl (C=O) groups excluding carboxylic acids is 1.